The number of fused-ring (bicyclic) bond motifs is 2. The zero-order valence-electron chi connectivity index (χ0n) is 14.5. The molecule has 1 fully saturated rings. The highest BCUT2D eigenvalue weighted by Gasteiger charge is 2.19. The van der Waals surface area contributed by atoms with Gasteiger partial charge in [0.25, 0.3) is 5.56 Å². The van der Waals surface area contributed by atoms with E-state index >= 15 is 0 Å². The number of rotatable bonds is 5. The van der Waals surface area contributed by atoms with Crippen LogP contribution < -0.4 is 15.0 Å². The van der Waals surface area contributed by atoms with Crippen LogP contribution in [0.15, 0.2) is 23.0 Å². The molecule has 1 aromatic heterocycles. The van der Waals surface area contributed by atoms with Gasteiger partial charge in [-0.1, -0.05) is 6.92 Å². The smallest absolute Gasteiger partial charge is 0.252 e. The molecule has 25 heavy (non-hydrogen) atoms. The number of hydrogen-bond acceptors (Lipinski definition) is 5. The molecule has 1 saturated heterocycles. The summed E-state index contributed by atoms with van der Waals surface area (Å²) in [6.45, 7) is 6.68. The Morgan fingerprint density at radius 1 is 1.16 bits per heavy atom. The van der Waals surface area contributed by atoms with Crippen LogP contribution in [0.2, 0.25) is 0 Å². The lowest BCUT2D eigenvalue weighted by molar-refractivity contribution is 0.0521. The average molecular weight is 344 g/mol. The highest BCUT2D eigenvalue weighted by Crippen LogP contribution is 2.35. The van der Waals surface area contributed by atoms with E-state index in [1.165, 1.54) is 0 Å². The van der Waals surface area contributed by atoms with Gasteiger partial charge < -0.3 is 19.2 Å². The molecule has 6 heteroatoms. The monoisotopic (exact) mass is 344 g/mol. The Bertz CT molecular complexity index is 811. The summed E-state index contributed by atoms with van der Waals surface area (Å²) in [5, 5.41) is 0.973. The molecule has 2 aliphatic rings. The van der Waals surface area contributed by atoms with Crippen molar-refractivity contribution in [1.82, 2.24) is 9.88 Å². The van der Waals surface area contributed by atoms with Gasteiger partial charge in [0.2, 0.25) is 6.79 Å². The van der Waals surface area contributed by atoms with Gasteiger partial charge in [-0.2, -0.15) is 0 Å². The van der Waals surface area contributed by atoms with Crippen LogP contribution in [-0.4, -0.2) is 43.0 Å². The summed E-state index contributed by atoms with van der Waals surface area (Å²) in [6.07, 6.45) is 2.21. The maximum Gasteiger partial charge on any atom is 0.252 e. The molecular weight excluding hydrogens is 320 g/mol. The van der Waals surface area contributed by atoms with Gasteiger partial charge in [0, 0.05) is 43.3 Å². The largest absolute Gasteiger partial charge is 0.454 e. The van der Waals surface area contributed by atoms with E-state index in [1.54, 1.807) is 0 Å². The summed E-state index contributed by atoms with van der Waals surface area (Å²) in [4.78, 5) is 17.8. The molecule has 0 saturated carbocycles. The number of nitrogens with one attached hydrogen (secondary N) is 1. The molecule has 1 N–H and O–H groups in total. The minimum Gasteiger partial charge on any atom is -0.454 e. The van der Waals surface area contributed by atoms with Crippen LogP contribution in [0.5, 0.6) is 11.5 Å². The molecule has 2 aromatic rings. The van der Waals surface area contributed by atoms with Crippen molar-refractivity contribution in [1.29, 1.82) is 0 Å². The van der Waals surface area contributed by atoms with Crippen molar-refractivity contribution in [2.24, 2.45) is 5.92 Å². The fraction of sp³-hybridized carbons (Fsp3) is 0.526. The van der Waals surface area contributed by atoms with Crippen LogP contribution in [0.25, 0.3) is 10.9 Å². The predicted molar refractivity (Wildman–Crippen MR) is 95.2 cm³/mol. The first-order chi connectivity index (χ1) is 12.2. The third kappa shape index (κ3) is 3.50. The van der Waals surface area contributed by atoms with E-state index in [9.17, 15) is 4.79 Å². The number of H-pyrrole nitrogens is 1. The maximum atomic E-state index is 12.5. The SMILES string of the molecule is CCN(Cc1cc2cc3c(cc2[nH]c1=O)OCO3)CC1CCOCC1. The minimum absolute atomic E-state index is 0.0307. The highest BCUT2D eigenvalue weighted by atomic mass is 16.7. The van der Waals surface area contributed by atoms with E-state index in [0.29, 0.717) is 18.2 Å². The molecule has 0 spiro atoms. The second-order valence-corrected chi connectivity index (χ2v) is 6.80. The van der Waals surface area contributed by atoms with Gasteiger partial charge in [-0.05, 0) is 37.4 Å². The molecule has 6 nitrogen and oxygen atoms in total. The first-order valence-electron chi connectivity index (χ1n) is 8.98. The van der Waals surface area contributed by atoms with E-state index in [1.807, 2.05) is 18.2 Å². The van der Waals surface area contributed by atoms with Crippen molar-refractivity contribution in [3.05, 3.63) is 34.1 Å². The average Bonchev–Trinajstić information content (AvgIpc) is 3.08. The second-order valence-electron chi connectivity index (χ2n) is 6.80. The maximum absolute atomic E-state index is 12.5. The molecule has 0 radical (unpaired) electrons. The van der Waals surface area contributed by atoms with Crippen molar-refractivity contribution in [3.8, 4) is 11.5 Å². The second kappa shape index (κ2) is 7.06. The van der Waals surface area contributed by atoms with Crippen LogP contribution in [0, 0.1) is 5.92 Å². The van der Waals surface area contributed by atoms with Gasteiger partial charge in [0.05, 0.1) is 5.52 Å². The highest BCUT2D eigenvalue weighted by molar-refractivity contribution is 5.83. The molecule has 1 aromatic carbocycles. The molecule has 0 bridgehead atoms. The minimum atomic E-state index is -0.0307. The molecule has 134 valence electrons. The van der Waals surface area contributed by atoms with Gasteiger partial charge >= 0.3 is 0 Å². The van der Waals surface area contributed by atoms with Crippen molar-refractivity contribution in [2.75, 3.05) is 33.1 Å². The molecule has 0 atom stereocenters. The fourth-order valence-electron chi connectivity index (χ4n) is 3.60. The van der Waals surface area contributed by atoms with Crippen LogP contribution in [-0.2, 0) is 11.3 Å². The van der Waals surface area contributed by atoms with E-state index in [0.717, 1.165) is 61.4 Å². The van der Waals surface area contributed by atoms with Gasteiger partial charge in [-0.3, -0.25) is 9.69 Å². The lowest BCUT2D eigenvalue weighted by atomic mass is 9.99. The first-order valence-corrected chi connectivity index (χ1v) is 8.98. The Morgan fingerprint density at radius 3 is 2.68 bits per heavy atom. The summed E-state index contributed by atoms with van der Waals surface area (Å²) < 4.78 is 16.3. The summed E-state index contributed by atoms with van der Waals surface area (Å²) in [7, 11) is 0. The third-order valence-electron chi connectivity index (χ3n) is 5.11. The molecule has 0 aliphatic carbocycles. The third-order valence-corrected chi connectivity index (χ3v) is 5.11. The first kappa shape index (κ1) is 16.4. The Balaban J connectivity index is 1.56. The molecule has 0 amide bonds. The van der Waals surface area contributed by atoms with Crippen molar-refractivity contribution < 1.29 is 14.2 Å². The van der Waals surface area contributed by atoms with E-state index in [4.69, 9.17) is 14.2 Å². The number of aromatic nitrogens is 1. The molecule has 4 rings (SSSR count). The van der Waals surface area contributed by atoms with Gasteiger partial charge in [0.1, 0.15) is 0 Å². The topological polar surface area (TPSA) is 63.8 Å². The van der Waals surface area contributed by atoms with Crippen LogP contribution in [0.1, 0.15) is 25.3 Å². The normalized spacial score (nSPS) is 17.5. The zero-order chi connectivity index (χ0) is 17.2. The molecular formula is C19H24N2O4. The number of hydrogen-bond donors (Lipinski definition) is 1. The fourth-order valence-corrected chi connectivity index (χ4v) is 3.60. The number of ether oxygens (including phenoxy) is 3. The standard InChI is InChI=1S/C19H24N2O4/c1-2-21(10-13-3-5-23-6-4-13)11-15-7-14-8-17-18(25-12-24-17)9-16(14)20-19(15)22/h7-9,13H,2-6,10-12H2,1H3,(H,20,22). The number of aromatic amines is 1. The Kier molecular flexibility index (Phi) is 4.63. The summed E-state index contributed by atoms with van der Waals surface area (Å²) in [5.74, 6) is 2.08. The number of pyridine rings is 1. The van der Waals surface area contributed by atoms with E-state index < -0.39 is 0 Å². The lowest BCUT2D eigenvalue weighted by Gasteiger charge is -2.28. The zero-order valence-corrected chi connectivity index (χ0v) is 14.5. The van der Waals surface area contributed by atoms with Crippen LogP contribution in [0.3, 0.4) is 0 Å². The van der Waals surface area contributed by atoms with Gasteiger partial charge in [-0.15, -0.1) is 0 Å². The number of nitrogens with zero attached hydrogens (tertiary/aromatic N) is 1. The summed E-state index contributed by atoms with van der Waals surface area (Å²) in [6, 6.07) is 5.75. The summed E-state index contributed by atoms with van der Waals surface area (Å²) >= 11 is 0. The molecule has 3 heterocycles. The predicted octanol–water partition coefficient (Wildman–Crippen LogP) is 2.51. The quantitative estimate of drug-likeness (QED) is 0.903. The van der Waals surface area contributed by atoms with E-state index in [-0.39, 0.29) is 12.4 Å². The van der Waals surface area contributed by atoms with Gasteiger partial charge in [-0.25, -0.2) is 0 Å². The van der Waals surface area contributed by atoms with E-state index in [2.05, 4.69) is 16.8 Å². The van der Waals surface area contributed by atoms with Gasteiger partial charge in [0.15, 0.2) is 11.5 Å². The van der Waals surface area contributed by atoms with Crippen LogP contribution >= 0.6 is 0 Å². The Morgan fingerprint density at radius 2 is 1.92 bits per heavy atom. The lowest BCUT2D eigenvalue weighted by Crippen LogP contribution is -2.33. The summed E-state index contributed by atoms with van der Waals surface area (Å²) in [5.41, 5.74) is 1.54. The number of benzene rings is 1. The van der Waals surface area contributed by atoms with Crippen LogP contribution in [0.4, 0.5) is 0 Å². The Hall–Kier alpha value is -2.05. The molecule has 0 unspecified atom stereocenters. The van der Waals surface area contributed by atoms with Crippen molar-refractivity contribution in [2.45, 2.75) is 26.3 Å². The Labute approximate surface area is 146 Å². The molecule has 2 aliphatic heterocycles. The van der Waals surface area contributed by atoms with Crippen molar-refractivity contribution in [3.63, 3.8) is 0 Å². The van der Waals surface area contributed by atoms with Crippen molar-refractivity contribution >= 4 is 10.9 Å².